The maximum absolute atomic E-state index is 13.6. The molecule has 0 aromatic heterocycles. The summed E-state index contributed by atoms with van der Waals surface area (Å²) in [4.78, 5) is 21.1. The monoisotopic (exact) mass is 754 g/mol. The Hall–Kier alpha value is -2.63. The number of carbonyl (C=O) groups is 1. The number of hydrogen-bond acceptors (Lipinski definition) is 8. The topological polar surface area (TPSA) is 91.4 Å². The van der Waals surface area contributed by atoms with Crippen molar-refractivity contribution >= 4 is 33.2 Å². The first-order valence-electron chi connectivity index (χ1n) is 19.4. The molecule has 6 rings (SSSR count). The lowest BCUT2D eigenvalue weighted by atomic mass is 9.63. The third-order valence-corrected chi connectivity index (χ3v) is 14.6. The summed E-state index contributed by atoms with van der Waals surface area (Å²) >= 11 is 6.41. The number of allylic oxidation sites excluding steroid dienone is 1. The van der Waals surface area contributed by atoms with Gasteiger partial charge in [-0.15, -0.1) is 0 Å². The van der Waals surface area contributed by atoms with E-state index < -0.39 is 26.8 Å². The van der Waals surface area contributed by atoms with Gasteiger partial charge in [0.15, 0.2) is 0 Å². The van der Waals surface area contributed by atoms with Crippen LogP contribution in [0.1, 0.15) is 88.2 Å². The van der Waals surface area contributed by atoms with Crippen LogP contribution in [-0.2, 0) is 27.8 Å². The lowest BCUT2D eigenvalue weighted by Crippen LogP contribution is -2.60. The number of anilines is 1. The summed E-state index contributed by atoms with van der Waals surface area (Å²) in [5.74, 6) is 0.471. The van der Waals surface area contributed by atoms with Crippen LogP contribution in [0.3, 0.4) is 0 Å². The van der Waals surface area contributed by atoms with Crippen LogP contribution in [0, 0.1) is 17.8 Å². The number of rotatable bonds is 4. The van der Waals surface area contributed by atoms with Gasteiger partial charge in [0.25, 0.3) is 5.91 Å². The first-order valence-corrected chi connectivity index (χ1v) is 21.3. The zero-order valence-corrected chi connectivity index (χ0v) is 33.5. The van der Waals surface area contributed by atoms with Crippen molar-refractivity contribution in [1.29, 1.82) is 0 Å². The summed E-state index contributed by atoms with van der Waals surface area (Å²) in [5, 5.41) is -0.0574. The van der Waals surface area contributed by atoms with Crippen LogP contribution in [0.4, 0.5) is 5.69 Å². The summed E-state index contributed by atoms with van der Waals surface area (Å²) in [6.45, 7) is 16.2. The Morgan fingerprint density at radius 1 is 1.02 bits per heavy atom. The Morgan fingerprint density at radius 3 is 2.54 bits per heavy atom. The Kier molecular flexibility index (Phi) is 12.3. The number of halogens is 1. The van der Waals surface area contributed by atoms with Gasteiger partial charge in [-0.25, -0.2) is 13.1 Å². The number of fused-ring (bicyclic) bond motifs is 3. The molecule has 1 aliphatic carbocycles. The summed E-state index contributed by atoms with van der Waals surface area (Å²) in [6, 6.07) is 12.3. The van der Waals surface area contributed by atoms with Crippen molar-refractivity contribution in [3.63, 3.8) is 0 Å². The van der Waals surface area contributed by atoms with E-state index in [-0.39, 0.29) is 11.8 Å². The number of methoxy groups -OCH3 is 1. The zero-order chi connectivity index (χ0) is 37.2. The normalized spacial score (nSPS) is 31.3. The average Bonchev–Trinajstić information content (AvgIpc) is 3.12. The average molecular weight is 755 g/mol. The number of sulfonamides is 1. The fraction of sp³-hybridized carbons (Fsp3) is 0.634. The molecular formula is C41H59ClN4O5S. The molecule has 0 unspecified atom stereocenters. The van der Waals surface area contributed by atoms with Crippen LogP contribution in [0.2, 0.25) is 5.02 Å². The Labute approximate surface area is 317 Å². The molecule has 2 bridgehead atoms. The minimum Gasteiger partial charge on any atom is -0.487 e. The molecule has 0 radical (unpaired) electrons. The standard InChI is InChI=1S/C41H59ClN4O5S/c1-28(2)46-21-20-44(24-30(46)4)27-41(50-6)18-9-10-29(3)31(5)52(48,49)43-40(47)33-14-17-39-38(23-33)45(25-34-13-16-37(34)41)19-8-7-11-32-22-36(42)15-12-35(32)26-51-39/h9,12,14-15,17-18,22-23,28-31,34,37H,7-8,10-11,13,16,19-21,24-27H2,1-6H3,(H,43,47)/b18-9+/t29-,30+,31+,34-,37+,41-/m0/s1. The van der Waals surface area contributed by atoms with E-state index in [4.69, 9.17) is 21.1 Å². The third-order valence-electron chi connectivity index (χ3n) is 12.4. The molecule has 3 aliphatic heterocycles. The fourth-order valence-electron chi connectivity index (χ4n) is 8.94. The van der Waals surface area contributed by atoms with Crippen molar-refractivity contribution in [3.8, 4) is 5.75 Å². The van der Waals surface area contributed by atoms with Crippen LogP contribution < -0.4 is 14.4 Å². The molecule has 4 aliphatic rings. The number of aryl methyl sites for hydroxylation is 1. The van der Waals surface area contributed by atoms with Gasteiger partial charge in [-0.05, 0) is 125 Å². The predicted octanol–water partition coefficient (Wildman–Crippen LogP) is 6.93. The highest BCUT2D eigenvalue weighted by Crippen LogP contribution is 2.47. The molecule has 3 heterocycles. The van der Waals surface area contributed by atoms with Gasteiger partial charge in [0.2, 0.25) is 10.0 Å². The molecule has 1 amide bonds. The quantitative estimate of drug-likeness (QED) is 0.337. The van der Waals surface area contributed by atoms with Gasteiger partial charge >= 0.3 is 0 Å². The van der Waals surface area contributed by atoms with Gasteiger partial charge in [-0.3, -0.25) is 14.6 Å². The Balaban J connectivity index is 1.38. The zero-order valence-electron chi connectivity index (χ0n) is 31.9. The van der Waals surface area contributed by atoms with E-state index >= 15 is 0 Å². The van der Waals surface area contributed by atoms with Crippen molar-refractivity contribution < 1.29 is 22.7 Å². The summed E-state index contributed by atoms with van der Waals surface area (Å²) in [7, 11) is -2.10. The summed E-state index contributed by atoms with van der Waals surface area (Å²) in [5.41, 5.74) is 2.88. The van der Waals surface area contributed by atoms with Gasteiger partial charge in [0.1, 0.15) is 18.0 Å². The van der Waals surface area contributed by atoms with Crippen molar-refractivity contribution in [2.45, 2.75) is 103 Å². The number of ether oxygens (including phenoxy) is 2. The molecule has 2 aromatic rings. The lowest BCUT2D eigenvalue weighted by Gasteiger charge is -2.52. The molecule has 286 valence electrons. The van der Waals surface area contributed by atoms with Crippen molar-refractivity contribution in [1.82, 2.24) is 14.5 Å². The van der Waals surface area contributed by atoms with Crippen LogP contribution in [-0.4, -0.2) is 93.4 Å². The van der Waals surface area contributed by atoms with Gasteiger partial charge in [-0.2, -0.15) is 0 Å². The SMILES string of the molecule is CO[C@]1(CN2CCN(C(C)C)[C@H](C)C2)/C=C/C[C@H](C)[C@@H](C)S(=O)(=O)NC(=O)c2ccc3c(c2)N(CCCCc2cc(Cl)ccc2CO3)C[C@@H]2CC[C@H]21. The molecule has 52 heavy (non-hydrogen) atoms. The number of carbonyl (C=O) groups excluding carboxylic acids is 1. The molecular weight excluding hydrogens is 696 g/mol. The van der Waals surface area contributed by atoms with E-state index in [1.54, 1.807) is 13.0 Å². The molecule has 1 saturated carbocycles. The van der Waals surface area contributed by atoms with Crippen LogP contribution in [0.25, 0.3) is 0 Å². The third kappa shape index (κ3) is 8.51. The van der Waals surface area contributed by atoms with Crippen LogP contribution >= 0.6 is 11.6 Å². The number of amides is 1. The minimum atomic E-state index is -3.95. The largest absolute Gasteiger partial charge is 0.487 e. The van der Waals surface area contributed by atoms with Crippen LogP contribution in [0.15, 0.2) is 48.6 Å². The second-order valence-corrected chi connectivity index (χ2v) is 18.6. The number of piperazine rings is 1. The molecule has 1 saturated heterocycles. The number of nitrogens with one attached hydrogen (secondary N) is 1. The van der Waals surface area contributed by atoms with E-state index in [9.17, 15) is 13.2 Å². The van der Waals surface area contributed by atoms with E-state index in [1.807, 2.05) is 44.4 Å². The highest BCUT2D eigenvalue weighted by Gasteiger charge is 2.48. The molecule has 2 fully saturated rings. The second kappa shape index (κ2) is 16.4. The highest BCUT2D eigenvalue weighted by molar-refractivity contribution is 7.90. The van der Waals surface area contributed by atoms with Crippen molar-refractivity contribution in [2.75, 3.05) is 51.3 Å². The number of hydrogen-bond donors (Lipinski definition) is 1. The fourth-order valence-corrected chi connectivity index (χ4v) is 10.4. The second-order valence-electron chi connectivity index (χ2n) is 16.1. The van der Waals surface area contributed by atoms with Crippen LogP contribution in [0.5, 0.6) is 5.75 Å². The van der Waals surface area contributed by atoms with Crippen molar-refractivity contribution in [3.05, 3.63) is 70.3 Å². The molecule has 11 heteroatoms. The van der Waals surface area contributed by atoms with Gasteiger partial charge < -0.3 is 14.4 Å². The minimum absolute atomic E-state index is 0.218. The number of benzene rings is 2. The Morgan fingerprint density at radius 2 is 1.83 bits per heavy atom. The summed E-state index contributed by atoms with van der Waals surface area (Å²) in [6.07, 6.45) is 9.92. The molecule has 9 nitrogen and oxygen atoms in total. The molecule has 1 N–H and O–H groups in total. The predicted molar refractivity (Wildman–Crippen MR) is 210 cm³/mol. The van der Waals surface area contributed by atoms with E-state index in [1.165, 1.54) is 5.56 Å². The highest BCUT2D eigenvalue weighted by atomic mass is 35.5. The van der Waals surface area contributed by atoms with E-state index in [2.05, 4.69) is 52.3 Å². The summed E-state index contributed by atoms with van der Waals surface area (Å²) < 4.78 is 42.8. The van der Waals surface area contributed by atoms with Crippen molar-refractivity contribution in [2.24, 2.45) is 17.8 Å². The van der Waals surface area contributed by atoms with Gasteiger partial charge in [0, 0.05) is 69.0 Å². The van der Waals surface area contributed by atoms with Gasteiger partial charge in [-0.1, -0.05) is 36.7 Å². The Bertz CT molecular complexity index is 1720. The molecule has 2 aromatic carbocycles. The first kappa shape index (κ1) is 39.1. The molecule has 6 atom stereocenters. The first-order chi connectivity index (χ1) is 24.8. The molecule has 0 spiro atoms. The lowest BCUT2D eigenvalue weighted by molar-refractivity contribution is -0.0992. The maximum atomic E-state index is 13.6. The van der Waals surface area contributed by atoms with E-state index in [0.717, 1.165) is 87.6 Å². The maximum Gasteiger partial charge on any atom is 0.264 e. The van der Waals surface area contributed by atoms with Gasteiger partial charge in [0.05, 0.1) is 10.9 Å². The smallest absolute Gasteiger partial charge is 0.264 e. The number of nitrogens with zero attached hydrogens (tertiary/aromatic N) is 3. The van der Waals surface area contributed by atoms with E-state index in [0.29, 0.717) is 42.3 Å².